The van der Waals surface area contributed by atoms with E-state index in [1.807, 2.05) is 13.8 Å². The summed E-state index contributed by atoms with van der Waals surface area (Å²) in [5, 5.41) is 12.1. The van der Waals surface area contributed by atoms with Gasteiger partial charge in [-0.3, -0.25) is 4.79 Å². The van der Waals surface area contributed by atoms with Crippen LogP contribution in [0.25, 0.3) is 0 Å². The lowest BCUT2D eigenvalue weighted by Crippen LogP contribution is -2.40. The molecule has 1 saturated heterocycles. The van der Waals surface area contributed by atoms with Gasteiger partial charge in [-0.25, -0.2) is 0 Å². The van der Waals surface area contributed by atoms with Crippen LogP contribution in [0.1, 0.15) is 52.9 Å². The van der Waals surface area contributed by atoms with Crippen molar-refractivity contribution in [2.45, 2.75) is 65.1 Å². The minimum Gasteiger partial charge on any atom is -0.396 e. The summed E-state index contributed by atoms with van der Waals surface area (Å²) in [5.41, 5.74) is 0. The standard InChI is InChI=1S/C15H29NO3/c1-4-5-13(6-7-17)10-16-15(18)14-8-11(2)19-12(3)9-14/h11-14,17H,4-10H2,1-3H3,(H,16,18). The van der Waals surface area contributed by atoms with Crippen molar-refractivity contribution >= 4 is 5.91 Å². The molecule has 0 aromatic carbocycles. The minimum atomic E-state index is 0.0788. The Morgan fingerprint density at radius 3 is 2.47 bits per heavy atom. The lowest BCUT2D eigenvalue weighted by Gasteiger charge is -2.31. The van der Waals surface area contributed by atoms with Gasteiger partial charge in [0.25, 0.3) is 0 Å². The Morgan fingerprint density at radius 2 is 1.95 bits per heavy atom. The molecule has 1 amide bonds. The molecule has 3 unspecified atom stereocenters. The van der Waals surface area contributed by atoms with Gasteiger partial charge in [0, 0.05) is 19.1 Å². The summed E-state index contributed by atoms with van der Waals surface area (Å²) >= 11 is 0. The zero-order valence-corrected chi connectivity index (χ0v) is 12.5. The fourth-order valence-electron chi connectivity index (χ4n) is 2.95. The molecule has 0 bridgehead atoms. The van der Waals surface area contributed by atoms with Gasteiger partial charge >= 0.3 is 0 Å². The number of aliphatic hydroxyl groups excluding tert-OH is 1. The number of ether oxygens (including phenoxy) is 1. The average molecular weight is 271 g/mol. The van der Waals surface area contributed by atoms with Crippen LogP contribution in [0, 0.1) is 11.8 Å². The third-order valence-electron chi connectivity index (χ3n) is 3.87. The van der Waals surface area contributed by atoms with Gasteiger partial charge < -0.3 is 15.2 Å². The minimum absolute atomic E-state index is 0.0788. The molecule has 4 heteroatoms. The maximum atomic E-state index is 12.2. The fraction of sp³-hybridized carbons (Fsp3) is 0.933. The van der Waals surface area contributed by atoms with E-state index < -0.39 is 0 Å². The molecule has 2 N–H and O–H groups in total. The Bertz CT molecular complexity index is 254. The second-order valence-electron chi connectivity index (χ2n) is 5.84. The van der Waals surface area contributed by atoms with Crippen LogP contribution in [-0.2, 0) is 9.53 Å². The first kappa shape index (κ1) is 16.4. The van der Waals surface area contributed by atoms with Gasteiger partial charge in [-0.05, 0) is 45.4 Å². The van der Waals surface area contributed by atoms with Crippen molar-refractivity contribution in [1.82, 2.24) is 5.32 Å². The van der Waals surface area contributed by atoms with E-state index in [-0.39, 0.29) is 30.6 Å². The van der Waals surface area contributed by atoms with Crippen LogP contribution in [0.5, 0.6) is 0 Å². The maximum Gasteiger partial charge on any atom is 0.223 e. The number of rotatable bonds is 7. The number of hydrogen-bond acceptors (Lipinski definition) is 3. The number of aliphatic hydroxyl groups is 1. The first-order valence-electron chi connectivity index (χ1n) is 7.60. The smallest absolute Gasteiger partial charge is 0.223 e. The van der Waals surface area contributed by atoms with Crippen molar-refractivity contribution in [2.75, 3.05) is 13.2 Å². The molecule has 0 spiro atoms. The molecule has 3 atom stereocenters. The quantitative estimate of drug-likeness (QED) is 0.745. The topological polar surface area (TPSA) is 58.6 Å². The van der Waals surface area contributed by atoms with E-state index in [0.717, 1.165) is 32.1 Å². The summed E-state index contributed by atoms with van der Waals surface area (Å²) in [7, 11) is 0. The van der Waals surface area contributed by atoms with Crippen molar-refractivity contribution in [1.29, 1.82) is 0 Å². The van der Waals surface area contributed by atoms with Crippen LogP contribution in [0.2, 0.25) is 0 Å². The maximum absolute atomic E-state index is 12.2. The third kappa shape index (κ3) is 5.91. The van der Waals surface area contributed by atoms with Crippen molar-refractivity contribution in [3.63, 3.8) is 0 Å². The van der Waals surface area contributed by atoms with E-state index >= 15 is 0 Å². The van der Waals surface area contributed by atoms with Crippen LogP contribution in [0.15, 0.2) is 0 Å². The number of hydrogen-bond donors (Lipinski definition) is 2. The highest BCUT2D eigenvalue weighted by molar-refractivity contribution is 5.78. The molecule has 1 aliphatic heterocycles. The average Bonchev–Trinajstić information content (AvgIpc) is 2.35. The zero-order valence-electron chi connectivity index (χ0n) is 12.5. The summed E-state index contributed by atoms with van der Waals surface area (Å²) in [5.74, 6) is 0.629. The van der Waals surface area contributed by atoms with Crippen LogP contribution < -0.4 is 5.32 Å². The Morgan fingerprint density at radius 1 is 1.32 bits per heavy atom. The molecule has 1 aliphatic rings. The molecule has 1 fully saturated rings. The second kappa shape index (κ2) is 8.54. The molecule has 0 radical (unpaired) electrons. The summed E-state index contributed by atoms with van der Waals surface area (Å²) in [4.78, 5) is 12.2. The lowest BCUT2D eigenvalue weighted by molar-refractivity contribution is -0.133. The van der Waals surface area contributed by atoms with Crippen LogP contribution in [0.3, 0.4) is 0 Å². The molecule has 0 aliphatic carbocycles. The first-order valence-corrected chi connectivity index (χ1v) is 7.60. The Hall–Kier alpha value is -0.610. The number of nitrogens with one attached hydrogen (secondary N) is 1. The number of amides is 1. The molecule has 0 aromatic heterocycles. The monoisotopic (exact) mass is 271 g/mol. The number of carbonyl (C=O) groups is 1. The van der Waals surface area contributed by atoms with Gasteiger partial charge in [-0.15, -0.1) is 0 Å². The summed E-state index contributed by atoms with van der Waals surface area (Å²) in [6.07, 6.45) is 4.89. The Kier molecular flexibility index (Phi) is 7.39. The SMILES string of the molecule is CCCC(CCO)CNC(=O)C1CC(C)OC(C)C1. The van der Waals surface area contributed by atoms with Crippen LogP contribution in [-0.4, -0.2) is 36.4 Å². The third-order valence-corrected chi connectivity index (χ3v) is 3.87. The van der Waals surface area contributed by atoms with E-state index in [1.165, 1.54) is 0 Å². The van der Waals surface area contributed by atoms with Crippen LogP contribution >= 0.6 is 0 Å². The van der Waals surface area contributed by atoms with Gasteiger partial charge in [0.2, 0.25) is 5.91 Å². The van der Waals surface area contributed by atoms with Gasteiger partial charge in [-0.2, -0.15) is 0 Å². The van der Waals surface area contributed by atoms with Crippen LogP contribution in [0.4, 0.5) is 0 Å². The molecular formula is C15H29NO3. The normalized spacial score (nSPS) is 28.9. The van der Waals surface area contributed by atoms with Crippen molar-refractivity contribution in [2.24, 2.45) is 11.8 Å². The highest BCUT2D eigenvalue weighted by Gasteiger charge is 2.29. The molecule has 4 nitrogen and oxygen atoms in total. The fourth-order valence-corrected chi connectivity index (χ4v) is 2.95. The van der Waals surface area contributed by atoms with Gasteiger partial charge in [-0.1, -0.05) is 13.3 Å². The zero-order chi connectivity index (χ0) is 14.3. The largest absolute Gasteiger partial charge is 0.396 e. The molecule has 19 heavy (non-hydrogen) atoms. The van der Waals surface area contributed by atoms with Gasteiger partial charge in [0.1, 0.15) is 0 Å². The predicted molar refractivity (Wildman–Crippen MR) is 75.8 cm³/mol. The van der Waals surface area contributed by atoms with Gasteiger partial charge in [0.15, 0.2) is 0 Å². The van der Waals surface area contributed by atoms with Crippen molar-refractivity contribution in [3.8, 4) is 0 Å². The molecule has 0 saturated carbocycles. The second-order valence-corrected chi connectivity index (χ2v) is 5.84. The Labute approximate surface area is 116 Å². The van der Waals surface area contributed by atoms with E-state index in [2.05, 4.69) is 12.2 Å². The molecule has 1 rings (SSSR count). The predicted octanol–water partition coefficient (Wildman–Crippen LogP) is 2.10. The molecular weight excluding hydrogens is 242 g/mol. The van der Waals surface area contributed by atoms with Crippen molar-refractivity contribution < 1.29 is 14.6 Å². The van der Waals surface area contributed by atoms with Gasteiger partial charge in [0.05, 0.1) is 12.2 Å². The molecule has 0 aromatic rings. The molecule has 1 heterocycles. The first-order chi connectivity index (χ1) is 9.06. The summed E-state index contributed by atoms with van der Waals surface area (Å²) in [6, 6.07) is 0. The van der Waals surface area contributed by atoms with E-state index in [4.69, 9.17) is 9.84 Å². The van der Waals surface area contributed by atoms with E-state index in [9.17, 15) is 4.79 Å². The summed E-state index contributed by atoms with van der Waals surface area (Å²) in [6.45, 7) is 7.08. The van der Waals surface area contributed by atoms with E-state index in [1.54, 1.807) is 0 Å². The highest BCUT2D eigenvalue weighted by Crippen LogP contribution is 2.24. The molecule has 112 valence electrons. The van der Waals surface area contributed by atoms with E-state index in [0.29, 0.717) is 12.5 Å². The Balaban J connectivity index is 2.36. The summed E-state index contributed by atoms with van der Waals surface area (Å²) < 4.78 is 5.66. The number of carbonyl (C=O) groups excluding carboxylic acids is 1. The lowest BCUT2D eigenvalue weighted by atomic mass is 9.91. The van der Waals surface area contributed by atoms with Crippen molar-refractivity contribution in [3.05, 3.63) is 0 Å². The highest BCUT2D eigenvalue weighted by atomic mass is 16.5.